The highest BCUT2D eigenvalue weighted by atomic mass is 32.2. The summed E-state index contributed by atoms with van der Waals surface area (Å²) >= 11 is 1.17. The van der Waals surface area contributed by atoms with Crippen LogP contribution in [-0.2, 0) is 27.5 Å². The van der Waals surface area contributed by atoms with Gasteiger partial charge in [0.25, 0.3) is 5.56 Å². The number of amides is 1. The minimum Gasteiger partial charge on any atom is -0.352 e. The quantitative estimate of drug-likeness (QED) is 0.582. The molecule has 0 spiro atoms. The summed E-state index contributed by atoms with van der Waals surface area (Å²) in [5.74, 6) is 0.0119. The first-order chi connectivity index (χ1) is 10.9. The van der Waals surface area contributed by atoms with Crippen molar-refractivity contribution < 1.29 is 13.2 Å². The van der Waals surface area contributed by atoms with Crippen molar-refractivity contribution in [3.8, 4) is 0 Å². The maximum absolute atomic E-state index is 12.0. The van der Waals surface area contributed by atoms with Crippen LogP contribution in [0.15, 0.2) is 9.95 Å². The van der Waals surface area contributed by atoms with Gasteiger partial charge in [-0.15, -0.1) is 0 Å². The van der Waals surface area contributed by atoms with Crippen molar-refractivity contribution in [1.82, 2.24) is 15.3 Å². The minimum atomic E-state index is -3.01. The van der Waals surface area contributed by atoms with E-state index in [1.807, 2.05) is 0 Å². The van der Waals surface area contributed by atoms with Gasteiger partial charge in [0.1, 0.15) is 0 Å². The molecule has 1 aromatic heterocycles. The second-order valence-corrected chi connectivity index (χ2v) is 9.15. The van der Waals surface area contributed by atoms with E-state index in [0.717, 1.165) is 36.9 Å². The number of aryl methyl sites for hydroxylation is 1. The van der Waals surface area contributed by atoms with E-state index in [2.05, 4.69) is 15.3 Å². The third kappa shape index (κ3) is 4.14. The fraction of sp³-hybridized carbons (Fsp3) is 0.643. The van der Waals surface area contributed by atoms with Gasteiger partial charge in [0, 0.05) is 11.6 Å². The highest BCUT2D eigenvalue weighted by Crippen LogP contribution is 2.19. The molecule has 0 radical (unpaired) electrons. The van der Waals surface area contributed by atoms with Crippen molar-refractivity contribution >= 4 is 27.5 Å². The zero-order valence-corrected chi connectivity index (χ0v) is 14.3. The Balaban J connectivity index is 1.57. The fourth-order valence-corrected chi connectivity index (χ4v) is 5.33. The normalized spacial score (nSPS) is 22.5. The van der Waals surface area contributed by atoms with Crippen LogP contribution in [0.25, 0.3) is 0 Å². The third-order valence-electron chi connectivity index (χ3n) is 4.11. The monoisotopic (exact) mass is 357 g/mol. The molecule has 2 aliphatic rings. The van der Waals surface area contributed by atoms with E-state index < -0.39 is 9.84 Å². The van der Waals surface area contributed by atoms with Crippen LogP contribution in [0.4, 0.5) is 0 Å². The number of nitrogens with one attached hydrogen (secondary N) is 2. The zero-order valence-electron chi connectivity index (χ0n) is 12.6. The smallest absolute Gasteiger partial charge is 0.254 e. The summed E-state index contributed by atoms with van der Waals surface area (Å²) in [7, 11) is -3.01. The number of nitrogens with zero attached hydrogens (tertiary/aromatic N) is 1. The molecule has 0 aromatic carbocycles. The summed E-state index contributed by atoms with van der Waals surface area (Å²) in [5.41, 5.74) is 1.49. The molecule has 1 amide bonds. The summed E-state index contributed by atoms with van der Waals surface area (Å²) in [6.45, 7) is 0. The number of hydrogen-bond donors (Lipinski definition) is 2. The Morgan fingerprint density at radius 2 is 2.13 bits per heavy atom. The Hall–Kier alpha value is -1.35. The van der Waals surface area contributed by atoms with Crippen molar-refractivity contribution in [3.63, 3.8) is 0 Å². The number of thioether (sulfide) groups is 1. The molecule has 0 unspecified atom stereocenters. The molecule has 23 heavy (non-hydrogen) atoms. The van der Waals surface area contributed by atoms with E-state index in [-0.39, 0.29) is 34.8 Å². The van der Waals surface area contributed by atoms with E-state index in [9.17, 15) is 18.0 Å². The first-order valence-corrected chi connectivity index (χ1v) is 10.5. The molecule has 7 nitrogen and oxygen atoms in total. The number of carbonyl (C=O) groups excluding carboxylic acids is 1. The molecule has 3 rings (SSSR count). The van der Waals surface area contributed by atoms with Crippen LogP contribution in [0.2, 0.25) is 0 Å². The summed E-state index contributed by atoms with van der Waals surface area (Å²) in [4.78, 5) is 31.1. The molecule has 1 atom stereocenters. The summed E-state index contributed by atoms with van der Waals surface area (Å²) in [5, 5.41) is 3.17. The second-order valence-electron chi connectivity index (χ2n) is 5.96. The number of H-pyrrole nitrogens is 1. The van der Waals surface area contributed by atoms with Gasteiger partial charge in [0.05, 0.1) is 23.0 Å². The molecule has 0 bridgehead atoms. The number of carbonyl (C=O) groups is 1. The van der Waals surface area contributed by atoms with Gasteiger partial charge in [0.2, 0.25) is 5.91 Å². The number of rotatable bonds is 4. The number of sulfone groups is 1. The zero-order chi connectivity index (χ0) is 16.4. The molecule has 1 aromatic rings. The van der Waals surface area contributed by atoms with E-state index in [0.29, 0.717) is 11.6 Å². The fourth-order valence-electron chi connectivity index (χ4n) is 2.96. The topological polar surface area (TPSA) is 109 Å². The SMILES string of the molecule is O=C(CSc1nc2c(c(=O)[nH]1)CCCC2)N[C@H]1CCS(=O)(=O)C1. The van der Waals surface area contributed by atoms with Crippen LogP contribution < -0.4 is 10.9 Å². The Bertz CT molecular complexity index is 773. The molecule has 2 N–H and O–H groups in total. The van der Waals surface area contributed by atoms with Crippen molar-refractivity contribution in [1.29, 1.82) is 0 Å². The van der Waals surface area contributed by atoms with Gasteiger partial charge in [-0.05, 0) is 32.1 Å². The first-order valence-electron chi connectivity index (χ1n) is 7.67. The standard InChI is InChI=1S/C14H19N3O4S2/c18-12(15-9-5-6-23(20,21)8-9)7-22-14-16-11-4-2-1-3-10(11)13(19)17-14/h9H,1-8H2,(H,15,18)(H,16,17,19)/t9-/m0/s1. The molecule has 1 fully saturated rings. The molecule has 9 heteroatoms. The average molecular weight is 357 g/mol. The average Bonchev–Trinajstić information content (AvgIpc) is 2.84. The van der Waals surface area contributed by atoms with E-state index >= 15 is 0 Å². The van der Waals surface area contributed by atoms with Crippen LogP contribution >= 0.6 is 11.8 Å². The predicted molar refractivity (Wildman–Crippen MR) is 87.4 cm³/mol. The molecular weight excluding hydrogens is 338 g/mol. The van der Waals surface area contributed by atoms with Gasteiger partial charge in [-0.25, -0.2) is 13.4 Å². The van der Waals surface area contributed by atoms with Gasteiger partial charge in [-0.3, -0.25) is 9.59 Å². The van der Waals surface area contributed by atoms with E-state index in [1.165, 1.54) is 11.8 Å². The Morgan fingerprint density at radius 1 is 1.35 bits per heavy atom. The van der Waals surface area contributed by atoms with Crippen molar-refractivity contribution in [2.75, 3.05) is 17.3 Å². The van der Waals surface area contributed by atoms with Gasteiger partial charge < -0.3 is 10.3 Å². The highest BCUT2D eigenvalue weighted by Gasteiger charge is 2.28. The summed E-state index contributed by atoms with van der Waals surface area (Å²) in [6.07, 6.45) is 4.08. The van der Waals surface area contributed by atoms with Gasteiger partial charge >= 0.3 is 0 Å². The number of fused-ring (bicyclic) bond motifs is 1. The highest BCUT2D eigenvalue weighted by molar-refractivity contribution is 7.99. The Labute approximate surface area is 138 Å². The lowest BCUT2D eigenvalue weighted by Crippen LogP contribution is -2.36. The molecule has 126 valence electrons. The molecule has 1 aliphatic carbocycles. The molecule has 1 saturated heterocycles. The Morgan fingerprint density at radius 3 is 2.87 bits per heavy atom. The number of aromatic nitrogens is 2. The Kier molecular flexibility index (Phi) is 4.77. The lowest BCUT2D eigenvalue weighted by Gasteiger charge is -2.14. The predicted octanol–water partition coefficient (Wildman–Crippen LogP) is 0.0441. The lowest BCUT2D eigenvalue weighted by molar-refractivity contribution is -0.119. The second kappa shape index (κ2) is 6.64. The van der Waals surface area contributed by atoms with Gasteiger partial charge in [-0.1, -0.05) is 11.8 Å². The van der Waals surface area contributed by atoms with Crippen LogP contribution in [-0.4, -0.2) is 47.6 Å². The largest absolute Gasteiger partial charge is 0.352 e. The molecular formula is C14H19N3O4S2. The van der Waals surface area contributed by atoms with Gasteiger partial charge in [0.15, 0.2) is 15.0 Å². The van der Waals surface area contributed by atoms with Crippen LogP contribution in [0.5, 0.6) is 0 Å². The maximum atomic E-state index is 12.0. The van der Waals surface area contributed by atoms with Crippen molar-refractivity contribution in [3.05, 3.63) is 21.6 Å². The van der Waals surface area contributed by atoms with Gasteiger partial charge in [-0.2, -0.15) is 0 Å². The van der Waals surface area contributed by atoms with Crippen molar-refractivity contribution in [2.45, 2.75) is 43.3 Å². The molecule has 1 aliphatic heterocycles. The van der Waals surface area contributed by atoms with Crippen molar-refractivity contribution in [2.24, 2.45) is 0 Å². The van der Waals surface area contributed by atoms with E-state index in [1.54, 1.807) is 0 Å². The van der Waals surface area contributed by atoms with Crippen LogP contribution in [0, 0.1) is 0 Å². The van der Waals surface area contributed by atoms with E-state index in [4.69, 9.17) is 0 Å². The minimum absolute atomic E-state index is 0.0112. The molecule has 2 heterocycles. The van der Waals surface area contributed by atoms with Crippen LogP contribution in [0.1, 0.15) is 30.5 Å². The third-order valence-corrected chi connectivity index (χ3v) is 6.75. The molecule has 0 saturated carbocycles. The maximum Gasteiger partial charge on any atom is 0.254 e. The lowest BCUT2D eigenvalue weighted by atomic mass is 9.97. The first kappa shape index (κ1) is 16.5. The number of aromatic amines is 1. The summed E-state index contributed by atoms with van der Waals surface area (Å²) in [6, 6.07) is -0.302. The van der Waals surface area contributed by atoms with Crippen LogP contribution in [0.3, 0.4) is 0 Å². The summed E-state index contributed by atoms with van der Waals surface area (Å²) < 4.78 is 22.7. The number of hydrogen-bond acceptors (Lipinski definition) is 6.